The molecule has 0 heterocycles. The Labute approximate surface area is 100 Å². The summed E-state index contributed by atoms with van der Waals surface area (Å²) in [7, 11) is 4.57. The summed E-state index contributed by atoms with van der Waals surface area (Å²) >= 11 is 0. The van der Waals surface area contributed by atoms with E-state index in [4.69, 9.17) is 24.2 Å². The second kappa shape index (κ2) is 5.85. The fourth-order valence-corrected chi connectivity index (χ4v) is 1.36. The van der Waals surface area contributed by atoms with Crippen molar-refractivity contribution in [2.45, 2.75) is 13.0 Å². The van der Waals surface area contributed by atoms with Crippen molar-refractivity contribution in [2.75, 3.05) is 21.3 Å². The Kier molecular flexibility index (Phi) is 4.46. The third kappa shape index (κ3) is 2.94. The van der Waals surface area contributed by atoms with Crippen LogP contribution in [0.3, 0.4) is 0 Å². The van der Waals surface area contributed by atoms with Crippen LogP contribution in [0, 0.1) is 11.3 Å². The second-order valence-corrected chi connectivity index (χ2v) is 3.25. The molecule has 0 saturated carbocycles. The summed E-state index contributed by atoms with van der Waals surface area (Å²) in [5.41, 5.74) is 0. The van der Waals surface area contributed by atoms with Crippen LogP contribution in [0.4, 0.5) is 0 Å². The molecule has 1 atom stereocenters. The zero-order chi connectivity index (χ0) is 12.8. The Morgan fingerprint density at radius 3 is 1.94 bits per heavy atom. The molecule has 1 unspecified atom stereocenters. The van der Waals surface area contributed by atoms with E-state index in [1.807, 2.05) is 6.07 Å². The largest absolute Gasteiger partial charge is 0.493 e. The minimum atomic E-state index is -0.544. The lowest BCUT2D eigenvalue weighted by Gasteiger charge is -2.15. The lowest BCUT2D eigenvalue weighted by Crippen LogP contribution is -2.08. The Bertz CT molecular complexity index is 400. The first-order valence-corrected chi connectivity index (χ1v) is 5.02. The molecule has 92 valence electrons. The van der Waals surface area contributed by atoms with Crippen LogP contribution in [0.25, 0.3) is 0 Å². The fourth-order valence-electron chi connectivity index (χ4n) is 1.36. The van der Waals surface area contributed by atoms with E-state index in [-0.39, 0.29) is 0 Å². The monoisotopic (exact) mass is 237 g/mol. The van der Waals surface area contributed by atoms with Crippen molar-refractivity contribution in [2.24, 2.45) is 0 Å². The summed E-state index contributed by atoms with van der Waals surface area (Å²) in [5.74, 6) is 1.97. The maximum absolute atomic E-state index is 8.69. The normalized spacial score (nSPS) is 11.2. The number of benzene rings is 1. The molecular formula is C12H15NO4. The zero-order valence-electron chi connectivity index (χ0n) is 10.3. The van der Waals surface area contributed by atoms with Gasteiger partial charge in [-0.2, -0.15) is 5.26 Å². The molecule has 0 aromatic heterocycles. The highest BCUT2D eigenvalue weighted by molar-refractivity contribution is 5.55. The smallest absolute Gasteiger partial charge is 0.203 e. The standard InChI is InChI=1S/C12H15NO4/c1-8(7-13)17-9-5-10(14-2)12(16-4)11(6-9)15-3/h5-6,8H,1-4H3. The van der Waals surface area contributed by atoms with Crippen LogP contribution in [0.15, 0.2) is 12.1 Å². The van der Waals surface area contributed by atoms with E-state index >= 15 is 0 Å². The fraction of sp³-hybridized carbons (Fsp3) is 0.417. The summed E-state index contributed by atoms with van der Waals surface area (Å²) in [6.45, 7) is 1.66. The molecule has 0 bridgehead atoms. The molecule has 0 N–H and O–H groups in total. The van der Waals surface area contributed by atoms with Gasteiger partial charge in [0, 0.05) is 12.1 Å². The molecule has 1 aromatic carbocycles. The summed E-state index contributed by atoms with van der Waals surface area (Å²) in [5, 5.41) is 8.69. The van der Waals surface area contributed by atoms with Gasteiger partial charge < -0.3 is 18.9 Å². The quantitative estimate of drug-likeness (QED) is 0.783. The van der Waals surface area contributed by atoms with Crippen molar-refractivity contribution >= 4 is 0 Å². The number of hydrogen-bond acceptors (Lipinski definition) is 5. The van der Waals surface area contributed by atoms with Crippen LogP contribution in [0.1, 0.15) is 6.92 Å². The number of hydrogen-bond donors (Lipinski definition) is 0. The Morgan fingerprint density at radius 1 is 1.06 bits per heavy atom. The van der Waals surface area contributed by atoms with Gasteiger partial charge in [-0.15, -0.1) is 0 Å². The zero-order valence-corrected chi connectivity index (χ0v) is 10.3. The van der Waals surface area contributed by atoms with Gasteiger partial charge in [-0.05, 0) is 6.92 Å². The lowest BCUT2D eigenvalue weighted by molar-refractivity contribution is 0.268. The van der Waals surface area contributed by atoms with E-state index < -0.39 is 6.10 Å². The van der Waals surface area contributed by atoms with E-state index in [1.54, 1.807) is 19.1 Å². The van der Waals surface area contributed by atoms with Gasteiger partial charge >= 0.3 is 0 Å². The van der Waals surface area contributed by atoms with Gasteiger partial charge in [-0.25, -0.2) is 0 Å². The van der Waals surface area contributed by atoms with E-state index in [9.17, 15) is 0 Å². The van der Waals surface area contributed by atoms with Crippen molar-refractivity contribution in [1.29, 1.82) is 5.26 Å². The Morgan fingerprint density at radius 2 is 1.59 bits per heavy atom. The average Bonchev–Trinajstić information content (AvgIpc) is 2.37. The first-order valence-electron chi connectivity index (χ1n) is 5.02. The third-order valence-electron chi connectivity index (χ3n) is 2.13. The van der Waals surface area contributed by atoms with Gasteiger partial charge in [-0.3, -0.25) is 0 Å². The summed E-state index contributed by atoms with van der Waals surface area (Å²) < 4.78 is 20.9. The number of rotatable bonds is 5. The van der Waals surface area contributed by atoms with Gasteiger partial charge in [0.25, 0.3) is 0 Å². The van der Waals surface area contributed by atoms with Gasteiger partial charge in [-0.1, -0.05) is 0 Å². The van der Waals surface area contributed by atoms with Gasteiger partial charge in [0.1, 0.15) is 11.8 Å². The molecule has 5 nitrogen and oxygen atoms in total. The maximum atomic E-state index is 8.69. The van der Waals surface area contributed by atoms with Crippen molar-refractivity contribution < 1.29 is 18.9 Å². The van der Waals surface area contributed by atoms with E-state index in [2.05, 4.69) is 0 Å². The molecule has 0 aliphatic heterocycles. The molecule has 1 rings (SSSR count). The van der Waals surface area contributed by atoms with Crippen LogP contribution in [0.5, 0.6) is 23.0 Å². The summed E-state index contributed by atoms with van der Waals surface area (Å²) in [6, 6.07) is 5.28. The molecule has 5 heteroatoms. The summed E-state index contributed by atoms with van der Waals surface area (Å²) in [6.07, 6.45) is -0.544. The number of nitriles is 1. The minimum absolute atomic E-state index is 0.493. The van der Waals surface area contributed by atoms with Crippen molar-refractivity contribution in [3.63, 3.8) is 0 Å². The molecule has 1 aromatic rings. The summed E-state index contributed by atoms with van der Waals surface area (Å²) in [4.78, 5) is 0. The van der Waals surface area contributed by atoms with Crippen LogP contribution in [-0.4, -0.2) is 27.4 Å². The van der Waals surface area contributed by atoms with E-state index in [1.165, 1.54) is 21.3 Å². The molecule has 17 heavy (non-hydrogen) atoms. The van der Waals surface area contributed by atoms with E-state index in [0.717, 1.165) is 0 Å². The predicted molar refractivity (Wildman–Crippen MR) is 61.8 cm³/mol. The molecule has 0 saturated heterocycles. The highest BCUT2D eigenvalue weighted by atomic mass is 16.5. The van der Waals surface area contributed by atoms with Gasteiger partial charge in [0.05, 0.1) is 21.3 Å². The minimum Gasteiger partial charge on any atom is -0.493 e. The average molecular weight is 237 g/mol. The van der Waals surface area contributed by atoms with Crippen LogP contribution < -0.4 is 18.9 Å². The highest BCUT2D eigenvalue weighted by Crippen LogP contribution is 2.40. The highest BCUT2D eigenvalue weighted by Gasteiger charge is 2.14. The van der Waals surface area contributed by atoms with Gasteiger partial charge in [0.15, 0.2) is 17.6 Å². The first-order chi connectivity index (χ1) is 8.15. The lowest BCUT2D eigenvalue weighted by atomic mass is 10.2. The molecule has 0 amide bonds. The Hall–Kier alpha value is -2.09. The predicted octanol–water partition coefficient (Wildman–Crippen LogP) is 2.00. The van der Waals surface area contributed by atoms with Crippen LogP contribution >= 0.6 is 0 Å². The molecule has 0 radical (unpaired) electrons. The number of ether oxygens (including phenoxy) is 4. The number of nitrogens with zero attached hydrogens (tertiary/aromatic N) is 1. The first kappa shape index (κ1) is 13.0. The topological polar surface area (TPSA) is 60.7 Å². The van der Waals surface area contributed by atoms with Crippen molar-refractivity contribution in [1.82, 2.24) is 0 Å². The molecule has 0 spiro atoms. The van der Waals surface area contributed by atoms with Crippen molar-refractivity contribution in [3.05, 3.63) is 12.1 Å². The molecule has 0 aliphatic rings. The SMILES string of the molecule is COc1cc(OC(C)C#N)cc(OC)c1OC. The second-order valence-electron chi connectivity index (χ2n) is 3.25. The molecular weight excluding hydrogens is 222 g/mol. The maximum Gasteiger partial charge on any atom is 0.203 e. The molecule has 0 fully saturated rings. The van der Waals surface area contributed by atoms with Crippen LogP contribution in [-0.2, 0) is 0 Å². The third-order valence-corrected chi connectivity index (χ3v) is 2.13. The van der Waals surface area contributed by atoms with Crippen LogP contribution in [0.2, 0.25) is 0 Å². The Balaban J connectivity index is 3.14. The van der Waals surface area contributed by atoms with E-state index in [0.29, 0.717) is 23.0 Å². The number of methoxy groups -OCH3 is 3. The van der Waals surface area contributed by atoms with Crippen molar-refractivity contribution in [3.8, 4) is 29.1 Å². The molecule has 0 aliphatic carbocycles. The van der Waals surface area contributed by atoms with Gasteiger partial charge in [0.2, 0.25) is 5.75 Å².